The monoisotopic (exact) mass is 271 g/mol. The second kappa shape index (κ2) is 6.91. The van der Waals surface area contributed by atoms with Crippen LogP contribution in [0.3, 0.4) is 0 Å². The summed E-state index contributed by atoms with van der Waals surface area (Å²) in [6.07, 6.45) is -0.724. The molecule has 0 spiro atoms. The first kappa shape index (κ1) is 15.2. The summed E-state index contributed by atoms with van der Waals surface area (Å²) in [6.45, 7) is 0.390. The summed E-state index contributed by atoms with van der Waals surface area (Å²) in [5.41, 5.74) is 5.89. The van der Waals surface area contributed by atoms with Crippen LogP contribution in [0, 0.1) is 5.82 Å². The van der Waals surface area contributed by atoms with Gasteiger partial charge in [-0.05, 0) is 12.1 Å². The van der Waals surface area contributed by atoms with Gasteiger partial charge in [0.15, 0.2) is 5.84 Å². The molecule has 0 saturated carbocycles. The number of halogens is 1. The maximum Gasteiger partial charge on any atom is 0.175 e. The van der Waals surface area contributed by atoms with Crippen molar-refractivity contribution in [1.82, 2.24) is 0 Å². The molecule has 0 aliphatic rings. The van der Waals surface area contributed by atoms with Crippen molar-refractivity contribution >= 4 is 11.5 Å². The van der Waals surface area contributed by atoms with Gasteiger partial charge in [-0.15, -0.1) is 0 Å². The largest absolute Gasteiger partial charge is 0.409 e. The van der Waals surface area contributed by atoms with Crippen LogP contribution in [0.25, 0.3) is 0 Å². The highest BCUT2D eigenvalue weighted by atomic mass is 19.1. The summed E-state index contributed by atoms with van der Waals surface area (Å²) in [5, 5.41) is 21.2. The Labute approximate surface area is 110 Å². The lowest BCUT2D eigenvalue weighted by atomic mass is 10.1. The third kappa shape index (κ3) is 3.80. The fourth-order valence-corrected chi connectivity index (χ4v) is 1.79. The van der Waals surface area contributed by atoms with E-state index in [1.807, 2.05) is 0 Å². The van der Waals surface area contributed by atoms with Crippen molar-refractivity contribution in [1.29, 1.82) is 0 Å². The molecule has 1 aromatic rings. The molecule has 7 heteroatoms. The number of nitrogens with zero attached hydrogens (tertiary/aromatic N) is 2. The fraction of sp³-hybridized carbons (Fsp3) is 0.417. The molecule has 0 saturated heterocycles. The highest BCUT2D eigenvalue weighted by Crippen LogP contribution is 2.22. The Morgan fingerprint density at radius 2 is 2.26 bits per heavy atom. The molecule has 106 valence electrons. The van der Waals surface area contributed by atoms with Gasteiger partial charge in [-0.1, -0.05) is 11.2 Å². The number of hydrogen-bond acceptors (Lipinski definition) is 5. The Hall–Kier alpha value is -1.86. The van der Waals surface area contributed by atoms with Crippen molar-refractivity contribution in [3.63, 3.8) is 0 Å². The summed E-state index contributed by atoms with van der Waals surface area (Å²) >= 11 is 0. The van der Waals surface area contributed by atoms with E-state index in [4.69, 9.17) is 15.7 Å². The maximum atomic E-state index is 13.7. The zero-order chi connectivity index (χ0) is 14.4. The number of amidine groups is 1. The molecule has 0 radical (unpaired) electrons. The van der Waals surface area contributed by atoms with Crippen LogP contribution < -0.4 is 10.6 Å². The Kier molecular flexibility index (Phi) is 5.53. The van der Waals surface area contributed by atoms with Gasteiger partial charge in [-0.3, -0.25) is 0 Å². The standard InChI is InChI=1S/C12H18FN3O3/c1-16(6-8(17)7-19-2)10-5-3-4-9(13)11(10)12(14)15-18/h3-5,8,17-18H,6-7H2,1-2H3,(H2,14,15). The highest BCUT2D eigenvalue weighted by molar-refractivity contribution is 6.02. The minimum atomic E-state index is -0.724. The van der Waals surface area contributed by atoms with Gasteiger partial charge in [-0.25, -0.2) is 4.39 Å². The van der Waals surface area contributed by atoms with Crippen LogP contribution in [0.15, 0.2) is 23.4 Å². The smallest absolute Gasteiger partial charge is 0.175 e. The van der Waals surface area contributed by atoms with E-state index in [1.165, 1.54) is 19.2 Å². The van der Waals surface area contributed by atoms with Crippen LogP contribution >= 0.6 is 0 Å². The van der Waals surface area contributed by atoms with E-state index in [9.17, 15) is 9.50 Å². The lowest BCUT2D eigenvalue weighted by molar-refractivity contribution is 0.0695. The van der Waals surface area contributed by atoms with E-state index < -0.39 is 11.9 Å². The third-order valence-corrected chi connectivity index (χ3v) is 2.61. The average Bonchev–Trinajstić information content (AvgIpc) is 2.37. The number of hydrogen-bond donors (Lipinski definition) is 3. The normalized spacial score (nSPS) is 13.4. The van der Waals surface area contributed by atoms with Crippen LogP contribution in [0.1, 0.15) is 5.56 Å². The molecule has 0 amide bonds. The Morgan fingerprint density at radius 3 is 2.84 bits per heavy atom. The Morgan fingerprint density at radius 1 is 1.58 bits per heavy atom. The molecule has 1 rings (SSSR count). The van der Waals surface area contributed by atoms with Crippen LogP contribution in [0.5, 0.6) is 0 Å². The molecule has 0 bridgehead atoms. The van der Waals surface area contributed by atoms with E-state index in [-0.39, 0.29) is 24.6 Å². The average molecular weight is 271 g/mol. The zero-order valence-electron chi connectivity index (χ0n) is 10.9. The topological polar surface area (TPSA) is 91.3 Å². The molecule has 19 heavy (non-hydrogen) atoms. The van der Waals surface area contributed by atoms with Gasteiger partial charge in [-0.2, -0.15) is 0 Å². The summed E-state index contributed by atoms with van der Waals surface area (Å²) in [6, 6.07) is 4.35. The van der Waals surface area contributed by atoms with Crippen LogP contribution in [0.4, 0.5) is 10.1 Å². The number of oxime groups is 1. The lowest BCUT2D eigenvalue weighted by Gasteiger charge is -2.24. The van der Waals surface area contributed by atoms with Crippen molar-refractivity contribution in [2.75, 3.05) is 32.2 Å². The predicted octanol–water partition coefficient (Wildman–Crippen LogP) is 0.364. The van der Waals surface area contributed by atoms with Gasteiger partial charge >= 0.3 is 0 Å². The molecule has 0 aliphatic heterocycles. The maximum absolute atomic E-state index is 13.7. The first-order chi connectivity index (χ1) is 9.01. The highest BCUT2D eigenvalue weighted by Gasteiger charge is 2.17. The van der Waals surface area contributed by atoms with Gasteiger partial charge in [0.1, 0.15) is 5.82 Å². The first-order valence-corrected chi connectivity index (χ1v) is 5.65. The summed E-state index contributed by atoms with van der Waals surface area (Å²) in [4.78, 5) is 1.61. The summed E-state index contributed by atoms with van der Waals surface area (Å²) in [5.74, 6) is -0.915. The van der Waals surface area contributed by atoms with Gasteiger partial charge in [0.2, 0.25) is 0 Å². The second-order valence-corrected chi connectivity index (χ2v) is 4.11. The van der Waals surface area contributed by atoms with Gasteiger partial charge < -0.3 is 25.7 Å². The van der Waals surface area contributed by atoms with Crippen molar-refractivity contribution in [2.24, 2.45) is 10.9 Å². The first-order valence-electron chi connectivity index (χ1n) is 5.65. The molecular formula is C12H18FN3O3. The molecule has 1 aromatic carbocycles. The number of aliphatic hydroxyl groups excluding tert-OH is 1. The SMILES string of the molecule is COCC(O)CN(C)c1cccc(F)c1C(N)=NO. The van der Waals surface area contributed by atoms with Gasteiger partial charge in [0, 0.05) is 20.7 Å². The van der Waals surface area contributed by atoms with Crippen LogP contribution in [0.2, 0.25) is 0 Å². The number of methoxy groups -OCH3 is 1. The van der Waals surface area contributed by atoms with Crippen LogP contribution in [-0.2, 0) is 4.74 Å². The van der Waals surface area contributed by atoms with E-state index >= 15 is 0 Å². The molecule has 0 fully saturated rings. The molecule has 4 N–H and O–H groups in total. The van der Waals surface area contributed by atoms with Crippen molar-refractivity contribution in [2.45, 2.75) is 6.10 Å². The summed E-state index contributed by atoms with van der Waals surface area (Å²) < 4.78 is 18.6. The number of ether oxygens (including phenoxy) is 1. The van der Waals surface area contributed by atoms with Gasteiger partial charge in [0.05, 0.1) is 24.0 Å². The molecule has 1 atom stereocenters. The molecule has 0 aliphatic carbocycles. The number of rotatable bonds is 6. The van der Waals surface area contributed by atoms with Crippen molar-refractivity contribution in [3.05, 3.63) is 29.6 Å². The molecule has 0 heterocycles. The predicted molar refractivity (Wildman–Crippen MR) is 70.1 cm³/mol. The van der Waals surface area contributed by atoms with E-state index in [0.717, 1.165) is 0 Å². The Bertz CT molecular complexity index is 454. The fourth-order valence-electron chi connectivity index (χ4n) is 1.79. The van der Waals surface area contributed by atoms with E-state index in [0.29, 0.717) is 5.69 Å². The minimum Gasteiger partial charge on any atom is -0.409 e. The number of aliphatic hydroxyl groups is 1. The zero-order valence-corrected chi connectivity index (χ0v) is 10.9. The quantitative estimate of drug-likeness (QED) is 0.301. The summed E-state index contributed by atoms with van der Waals surface area (Å²) in [7, 11) is 3.15. The lowest BCUT2D eigenvalue weighted by Crippen LogP contribution is -2.33. The van der Waals surface area contributed by atoms with Crippen molar-refractivity contribution < 1.29 is 19.4 Å². The molecular weight excluding hydrogens is 253 g/mol. The molecule has 6 nitrogen and oxygen atoms in total. The Balaban J connectivity index is 3.03. The van der Waals surface area contributed by atoms with E-state index in [2.05, 4.69) is 5.16 Å². The van der Waals surface area contributed by atoms with Crippen LogP contribution in [-0.4, -0.2) is 49.6 Å². The molecule has 1 unspecified atom stereocenters. The third-order valence-electron chi connectivity index (χ3n) is 2.61. The van der Waals surface area contributed by atoms with Gasteiger partial charge in [0.25, 0.3) is 0 Å². The number of benzene rings is 1. The second-order valence-electron chi connectivity index (χ2n) is 4.11. The number of likely N-dealkylation sites (N-methyl/N-ethyl adjacent to an activating group) is 1. The minimum absolute atomic E-state index is 0.00267. The number of anilines is 1. The molecule has 0 aromatic heterocycles. The van der Waals surface area contributed by atoms with E-state index in [1.54, 1.807) is 18.0 Å². The van der Waals surface area contributed by atoms with Crippen molar-refractivity contribution in [3.8, 4) is 0 Å². The number of nitrogens with two attached hydrogens (primary N) is 1.